The Balaban J connectivity index is 2.07. The Morgan fingerprint density at radius 1 is 1.22 bits per heavy atom. The zero-order chi connectivity index (χ0) is 17.3. The number of amides is 1. The van der Waals surface area contributed by atoms with Crippen LogP contribution in [-0.4, -0.2) is 43.4 Å². The number of esters is 1. The molecule has 0 aliphatic carbocycles. The van der Waals surface area contributed by atoms with Gasteiger partial charge in [0.05, 0.1) is 17.1 Å². The molecule has 1 atom stereocenters. The number of carbonyl (C=O) groups excluding carboxylic acids is 2. The van der Waals surface area contributed by atoms with E-state index < -0.39 is 27.3 Å². The Morgan fingerprint density at radius 3 is 2.43 bits per heavy atom. The number of sulfone groups is 1. The van der Waals surface area contributed by atoms with Gasteiger partial charge in [-0.05, 0) is 45.4 Å². The Bertz CT molecular complexity index is 718. The second-order valence-electron chi connectivity index (χ2n) is 6.66. The van der Waals surface area contributed by atoms with Crippen LogP contribution in [0.2, 0.25) is 0 Å². The minimum absolute atomic E-state index is 0.0372. The van der Waals surface area contributed by atoms with Gasteiger partial charge in [0, 0.05) is 11.6 Å². The largest absolute Gasteiger partial charge is 0.456 e. The van der Waals surface area contributed by atoms with E-state index >= 15 is 0 Å². The lowest BCUT2D eigenvalue weighted by atomic mass is 10.1. The van der Waals surface area contributed by atoms with Crippen LogP contribution >= 0.6 is 0 Å². The van der Waals surface area contributed by atoms with Crippen LogP contribution in [0.4, 0.5) is 0 Å². The van der Waals surface area contributed by atoms with Crippen LogP contribution in [0.1, 0.15) is 47.9 Å². The van der Waals surface area contributed by atoms with Crippen molar-refractivity contribution in [2.24, 2.45) is 0 Å². The summed E-state index contributed by atoms with van der Waals surface area (Å²) in [6.07, 6.45) is 0.416. The molecule has 1 aliphatic rings. The maximum atomic E-state index is 12.2. The summed E-state index contributed by atoms with van der Waals surface area (Å²) in [5.41, 5.74) is -0.0302. The lowest BCUT2D eigenvalue weighted by Crippen LogP contribution is -2.35. The predicted octanol–water partition coefficient (Wildman–Crippen LogP) is 1.56. The Morgan fingerprint density at radius 2 is 1.87 bits per heavy atom. The number of benzene rings is 1. The summed E-state index contributed by atoms with van der Waals surface area (Å²) in [4.78, 5) is 24.2. The lowest BCUT2D eigenvalue weighted by molar-refractivity contribution is 0.00695. The van der Waals surface area contributed by atoms with Crippen molar-refractivity contribution in [3.63, 3.8) is 0 Å². The quantitative estimate of drug-likeness (QED) is 0.844. The Labute approximate surface area is 136 Å². The summed E-state index contributed by atoms with van der Waals surface area (Å²) in [5, 5.41) is 2.69. The highest BCUT2D eigenvalue weighted by atomic mass is 32.2. The number of rotatable bonds is 3. The summed E-state index contributed by atoms with van der Waals surface area (Å²) in [6.45, 7) is 5.30. The van der Waals surface area contributed by atoms with Crippen molar-refractivity contribution in [3.05, 3.63) is 35.4 Å². The molecule has 0 spiro atoms. The Hall–Kier alpha value is -1.89. The molecule has 1 heterocycles. The second kappa shape index (κ2) is 6.31. The molecule has 1 amide bonds. The van der Waals surface area contributed by atoms with E-state index in [0.717, 1.165) is 0 Å². The monoisotopic (exact) mass is 339 g/mol. The van der Waals surface area contributed by atoms with Gasteiger partial charge in [-0.25, -0.2) is 13.2 Å². The molecule has 2 rings (SSSR count). The number of carbonyl (C=O) groups is 2. The molecular formula is C16H21NO5S. The molecule has 23 heavy (non-hydrogen) atoms. The van der Waals surface area contributed by atoms with Crippen molar-refractivity contribution in [2.75, 3.05) is 11.5 Å². The van der Waals surface area contributed by atoms with Gasteiger partial charge in [-0.15, -0.1) is 0 Å². The fourth-order valence-corrected chi connectivity index (χ4v) is 3.98. The number of nitrogens with one attached hydrogen (secondary N) is 1. The van der Waals surface area contributed by atoms with Gasteiger partial charge in [-0.3, -0.25) is 4.79 Å². The predicted molar refractivity (Wildman–Crippen MR) is 86.1 cm³/mol. The highest BCUT2D eigenvalue weighted by Crippen LogP contribution is 2.15. The molecule has 7 heteroatoms. The van der Waals surface area contributed by atoms with E-state index in [2.05, 4.69) is 5.32 Å². The fraction of sp³-hybridized carbons (Fsp3) is 0.500. The molecule has 0 saturated carbocycles. The topological polar surface area (TPSA) is 89.5 Å². The maximum Gasteiger partial charge on any atom is 0.338 e. The van der Waals surface area contributed by atoms with Crippen molar-refractivity contribution in [1.29, 1.82) is 0 Å². The standard InChI is InChI=1S/C16H21NO5S/c1-16(2,3)22-15(19)12-6-4-5-11(9-12)14(18)17-13-7-8-23(20,21)10-13/h4-6,9,13H,7-8,10H2,1-3H3,(H,17,18)/t13-/m0/s1. The highest BCUT2D eigenvalue weighted by molar-refractivity contribution is 7.91. The first-order valence-electron chi connectivity index (χ1n) is 7.40. The summed E-state index contributed by atoms with van der Waals surface area (Å²) in [5.74, 6) is -0.839. The average Bonchev–Trinajstić information content (AvgIpc) is 2.76. The smallest absolute Gasteiger partial charge is 0.338 e. The van der Waals surface area contributed by atoms with Crippen LogP contribution in [0.15, 0.2) is 24.3 Å². The second-order valence-corrected chi connectivity index (χ2v) is 8.88. The van der Waals surface area contributed by atoms with E-state index in [-0.39, 0.29) is 23.1 Å². The lowest BCUT2D eigenvalue weighted by Gasteiger charge is -2.19. The van der Waals surface area contributed by atoms with Crippen LogP contribution in [0.3, 0.4) is 0 Å². The average molecular weight is 339 g/mol. The normalized spacial score (nSPS) is 20.0. The highest BCUT2D eigenvalue weighted by Gasteiger charge is 2.29. The molecule has 0 unspecified atom stereocenters. The van der Waals surface area contributed by atoms with Gasteiger partial charge < -0.3 is 10.1 Å². The molecule has 1 aliphatic heterocycles. The first-order chi connectivity index (χ1) is 10.6. The van der Waals surface area contributed by atoms with Gasteiger partial charge in [0.25, 0.3) is 5.91 Å². The summed E-state index contributed by atoms with van der Waals surface area (Å²) < 4.78 is 28.1. The van der Waals surface area contributed by atoms with Gasteiger partial charge >= 0.3 is 5.97 Å². The summed E-state index contributed by atoms with van der Waals surface area (Å²) >= 11 is 0. The third-order valence-corrected chi connectivity index (χ3v) is 5.09. The van der Waals surface area contributed by atoms with Crippen molar-refractivity contribution < 1.29 is 22.7 Å². The van der Waals surface area contributed by atoms with Gasteiger partial charge in [0.2, 0.25) is 0 Å². The van der Waals surface area contributed by atoms with Crippen LogP contribution in [0.25, 0.3) is 0 Å². The van der Waals surface area contributed by atoms with Crippen molar-refractivity contribution in [1.82, 2.24) is 5.32 Å². The minimum Gasteiger partial charge on any atom is -0.456 e. The molecule has 1 fully saturated rings. The molecule has 1 aromatic rings. The van der Waals surface area contributed by atoms with E-state index in [9.17, 15) is 18.0 Å². The molecule has 0 radical (unpaired) electrons. The molecule has 0 bridgehead atoms. The van der Waals surface area contributed by atoms with E-state index in [1.165, 1.54) is 6.07 Å². The molecule has 1 aromatic carbocycles. The van der Waals surface area contributed by atoms with Crippen LogP contribution in [0, 0.1) is 0 Å². The third kappa shape index (κ3) is 5.06. The van der Waals surface area contributed by atoms with Gasteiger partial charge in [0.15, 0.2) is 9.84 Å². The molecule has 1 saturated heterocycles. The molecular weight excluding hydrogens is 318 g/mol. The molecule has 0 aromatic heterocycles. The van der Waals surface area contributed by atoms with Crippen molar-refractivity contribution in [3.8, 4) is 0 Å². The Kier molecular flexibility index (Phi) is 4.79. The van der Waals surface area contributed by atoms with Crippen LogP contribution in [0.5, 0.6) is 0 Å². The van der Waals surface area contributed by atoms with Gasteiger partial charge in [-0.1, -0.05) is 6.07 Å². The first kappa shape index (κ1) is 17.5. The first-order valence-corrected chi connectivity index (χ1v) is 9.23. The van der Waals surface area contributed by atoms with Gasteiger partial charge in [0.1, 0.15) is 5.60 Å². The number of ether oxygens (including phenoxy) is 1. The molecule has 1 N–H and O–H groups in total. The molecule has 6 nitrogen and oxygen atoms in total. The number of hydrogen-bond donors (Lipinski definition) is 1. The maximum absolute atomic E-state index is 12.2. The SMILES string of the molecule is CC(C)(C)OC(=O)c1cccc(C(=O)N[C@H]2CCS(=O)(=O)C2)c1. The van der Waals surface area contributed by atoms with E-state index in [1.54, 1.807) is 39.0 Å². The number of hydrogen-bond acceptors (Lipinski definition) is 5. The van der Waals surface area contributed by atoms with Gasteiger partial charge in [-0.2, -0.15) is 0 Å². The minimum atomic E-state index is -3.05. The van der Waals surface area contributed by atoms with E-state index in [0.29, 0.717) is 12.0 Å². The zero-order valence-electron chi connectivity index (χ0n) is 13.5. The summed E-state index contributed by atoms with van der Waals surface area (Å²) in [6, 6.07) is 5.82. The van der Waals surface area contributed by atoms with Crippen LogP contribution < -0.4 is 5.32 Å². The third-order valence-electron chi connectivity index (χ3n) is 3.33. The van der Waals surface area contributed by atoms with Crippen molar-refractivity contribution in [2.45, 2.75) is 38.8 Å². The van der Waals surface area contributed by atoms with E-state index in [4.69, 9.17) is 4.74 Å². The van der Waals surface area contributed by atoms with E-state index in [1.807, 2.05) is 0 Å². The fourth-order valence-electron chi connectivity index (χ4n) is 2.30. The van der Waals surface area contributed by atoms with Crippen molar-refractivity contribution >= 4 is 21.7 Å². The summed E-state index contributed by atoms with van der Waals surface area (Å²) in [7, 11) is -3.05. The molecule has 126 valence electrons. The van der Waals surface area contributed by atoms with Crippen LogP contribution in [-0.2, 0) is 14.6 Å². The zero-order valence-corrected chi connectivity index (χ0v) is 14.3.